The van der Waals surface area contributed by atoms with Gasteiger partial charge in [-0.1, -0.05) is 0 Å². The molecule has 2 N–H and O–H groups in total. The van der Waals surface area contributed by atoms with Crippen LogP contribution in [0.5, 0.6) is 0 Å². The Labute approximate surface area is 34.9 Å². The Balaban J connectivity index is 2.37. The van der Waals surface area contributed by atoms with E-state index in [1.807, 2.05) is 0 Å². The summed E-state index contributed by atoms with van der Waals surface area (Å²) < 4.78 is 0. The predicted molar refractivity (Wildman–Crippen MR) is 18.7 cm³/mol. The molecule has 1 saturated heterocycles. The van der Waals surface area contributed by atoms with E-state index in [0.29, 0.717) is 6.67 Å². The van der Waals surface area contributed by atoms with Crippen LogP contribution in [0.25, 0.3) is 0 Å². The van der Waals surface area contributed by atoms with Crippen molar-refractivity contribution >= 4 is 6.03 Å². The van der Waals surface area contributed by atoms with E-state index < -0.39 is 0 Å². The molecule has 4 heteroatoms. The number of carbonyl (C=O) groups excluding carboxylic acids is 1. The molecule has 1 radical (unpaired) electrons. The molecule has 6 heavy (non-hydrogen) atoms. The Bertz CT molecular complexity index is 63.2. The van der Waals surface area contributed by atoms with Gasteiger partial charge in [0.05, 0.1) is 0 Å². The number of amides is 2. The van der Waals surface area contributed by atoms with Crippen LogP contribution in [-0.2, 0) is 0 Å². The lowest BCUT2D eigenvalue weighted by molar-refractivity contribution is 0.247. The minimum Gasteiger partial charge on any atom is -0.321 e. The molecule has 1 aliphatic rings. The molecule has 1 rings (SSSR count). The van der Waals surface area contributed by atoms with Gasteiger partial charge in [-0.05, 0) is 0 Å². The molecule has 0 spiro atoms. The number of hydrogen-bond donors (Lipinski definition) is 2. The average Bonchev–Trinajstić information content (AvgIpc) is 1.86. The van der Waals surface area contributed by atoms with Crippen LogP contribution >= 0.6 is 0 Å². The van der Waals surface area contributed by atoms with Crippen LogP contribution < -0.4 is 16.2 Å². The van der Waals surface area contributed by atoms with Crippen LogP contribution in [0.2, 0.25) is 0 Å². The fourth-order valence-electron chi connectivity index (χ4n) is 0.262. The summed E-state index contributed by atoms with van der Waals surface area (Å²) in [5.41, 5.74) is 5.65. The van der Waals surface area contributed by atoms with Gasteiger partial charge in [-0.15, -0.1) is 5.43 Å². The maximum atomic E-state index is 9.93. The van der Waals surface area contributed by atoms with Crippen LogP contribution in [0, 0.1) is 0 Å². The van der Waals surface area contributed by atoms with Crippen molar-refractivity contribution in [1.82, 2.24) is 16.2 Å². The molecule has 0 bridgehead atoms. The van der Waals surface area contributed by atoms with Gasteiger partial charge in [-0.3, -0.25) is 5.43 Å². The molecule has 1 fully saturated rings. The van der Waals surface area contributed by atoms with Gasteiger partial charge in [-0.2, -0.15) is 0 Å². The van der Waals surface area contributed by atoms with E-state index in [9.17, 15) is 4.79 Å². The summed E-state index contributed by atoms with van der Waals surface area (Å²) in [4.78, 5) is 9.93. The zero-order chi connectivity index (χ0) is 4.41. The minimum atomic E-state index is -0.213. The van der Waals surface area contributed by atoms with E-state index in [1.165, 1.54) is 0 Å². The molecule has 0 atom stereocenters. The lowest BCUT2D eigenvalue weighted by Gasteiger charge is -1.77. The first-order chi connectivity index (χ1) is 2.89. The zero-order valence-corrected chi connectivity index (χ0v) is 3.06. The molecule has 0 aliphatic carbocycles. The fraction of sp³-hybridized carbons (Fsp3) is 0.500. The molecule has 2 amide bonds. The van der Waals surface area contributed by atoms with Crippen LogP contribution in [0.4, 0.5) is 4.79 Å². The second kappa shape index (κ2) is 1.14. The van der Waals surface area contributed by atoms with E-state index in [2.05, 4.69) is 16.2 Å². The van der Waals surface area contributed by atoms with Crippen molar-refractivity contribution in [2.75, 3.05) is 6.67 Å². The minimum absolute atomic E-state index is 0.213. The third-order valence-electron chi connectivity index (χ3n) is 0.499. The average molecular weight is 86.1 g/mol. The normalized spacial score (nSPS) is 19.7. The summed E-state index contributed by atoms with van der Waals surface area (Å²) >= 11 is 0. The lowest BCUT2D eigenvalue weighted by atomic mass is 11.0. The molecule has 0 unspecified atom stereocenters. The fourth-order valence-corrected chi connectivity index (χ4v) is 0.262. The Morgan fingerprint density at radius 3 is 2.83 bits per heavy atom. The first kappa shape index (κ1) is 3.42. The van der Waals surface area contributed by atoms with Crippen molar-refractivity contribution in [2.24, 2.45) is 0 Å². The van der Waals surface area contributed by atoms with Crippen LogP contribution in [0.3, 0.4) is 0 Å². The highest BCUT2D eigenvalue weighted by Crippen LogP contribution is 1.65. The van der Waals surface area contributed by atoms with Crippen molar-refractivity contribution in [3.8, 4) is 0 Å². The van der Waals surface area contributed by atoms with Crippen molar-refractivity contribution in [3.63, 3.8) is 0 Å². The molecule has 0 aromatic rings. The molecule has 33 valence electrons. The van der Waals surface area contributed by atoms with Crippen LogP contribution in [0.1, 0.15) is 0 Å². The molecule has 4 nitrogen and oxygen atoms in total. The highest BCUT2D eigenvalue weighted by molar-refractivity contribution is 5.74. The van der Waals surface area contributed by atoms with Gasteiger partial charge in [0.2, 0.25) is 0 Å². The molecule has 0 saturated carbocycles. The zero-order valence-electron chi connectivity index (χ0n) is 3.06. The molecular weight excluding hydrogens is 82.0 g/mol. The number of rotatable bonds is 0. The Hall–Kier alpha value is -0.770. The van der Waals surface area contributed by atoms with Crippen molar-refractivity contribution < 1.29 is 4.79 Å². The van der Waals surface area contributed by atoms with Gasteiger partial charge in [0, 0.05) is 0 Å². The largest absolute Gasteiger partial charge is 0.331 e. The predicted octanol–water partition coefficient (Wildman–Crippen LogP) is -1.22. The highest BCUT2D eigenvalue weighted by Gasteiger charge is 2.03. The number of carbonyl (C=O) groups is 1. The summed E-state index contributed by atoms with van der Waals surface area (Å²) in [7, 11) is 0. The van der Waals surface area contributed by atoms with Gasteiger partial charge >= 0.3 is 6.03 Å². The quantitative estimate of drug-likeness (QED) is 0.381. The van der Waals surface area contributed by atoms with E-state index >= 15 is 0 Å². The Kier molecular flexibility index (Phi) is 0.648. The maximum absolute atomic E-state index is 9.93. The van der Waals surface area contributed by atoms with Crippen molar-refractivity contribution in [2.45, 2.75) is 0 Å². The van der Waals surface area contributed by atoms with Gasteiger partial charge in [-0.25, -0.2) is 4.79 Å². The second-order valence-electron chi connectivity index (χ2n) is 0.934. The van der Waals surface area contributed by atoms with Crippen molar-refractivity contribution in [1.29, 1.82) is 0 Å². The van der Waals surface area contributed by atoms with E-state index in [0.717, 1.165) is 0 Å². The second-order valence-corrected chi connectivity index (χ2v) is 0.934. The van der Waals surface area contributed by atoms with Gasteiger partial charge < -0.3 is 5.32 Å². The summed E-state index contributed by atoms with van der Waals surface area (Å²) in [6.07, 6.45) is 0. The maximum Gasteiger partial charge on any atom is 0.331 e. The standard InChI is InChI=1S/C2H4N3O/c6-2-3-1-4-5-2/h1H2,(H2,3,5,6). The topological polar surface area (TPSA) is 55.2 Å². The summed E-state index contributed by atoms with van der Waals surface area (Å²) in [6, 6.07) is -0.213. The summed E-state index contributed by atoms with van der Waals surface area (Å²) in [5, 5.41) is 2.40. The van der Waals surface area contributed by atoms with Gasteiger partial charge in [0.25, 0.3) is 0 Å². The lowest BCUT2D eigenvalue weighted by Crippen LogP contribution is -2.21. The number of nitrogens with zero attached hydrogens (tertiary/aromatic N) is 1. The van der Waals surface area contributed by atoms with E-state index in [1.54, 1.807) is 0 Å². The smallest absolute Gasteiger partial charge is 0.321 e. The molecule has 0 aromatic heterocycles. The number of hydrogen-bond acceptors (Lipinski definition) is 1. The molecule has 1 aliphatic heterocycles. The van der Waals surface area contributed by atoms with Gasteiger partial charge in [0.15, 0.2) is 0 Å². The van der Waals surface area contributed by atoms with Crippen LogP contribution in [-0.4, -0.2) is 12.7 Å². The summed E-state index contributed by atoms with van der Waals surface area (Å²) in [6.45, 7) is 0.402. The first-order valence-corrected chi connectivity index (χ1v) is 1.60. The van der Waals surface area contributed by atoms with E-state index in [-0.39, 0.29) is 6.03 Å². The van der Waals surface area contributed by atoms with Gasteiger partial charge in [0.1, 0.15) is 6.67 Å². The molecule has 1 heterocycles. The van der Waals surface area contributed by atoms with E-state index in [4.69, 9.17) is 0 Å². The third-order valence-corrected chi connectivity index (χ3v) is 0.499. The van der Waals surface area contributed by atoms with Crippen molar-refractivity contribution in [3.05, 3.63) is 0 Å². The third kappa shape index (κ3) is 0.414. The Morgan fingerprint density at radius 2 is 2.67 bits per heavy atom. The highest BCUT2D eigenvalue weighted by atomic mass is 16.2. The monoisotopic (exact) mass is 86.0 g/mol. The van der Waals surface area contributed by atoms with Crippen LogP contribution in [0.15, 0.2) is 0 Å². The molecule has 0 aromatic carbocycles. The number of nitrogens with one attached hydrogen (secondary N) is 2. The molecular formula is C2H4N3O. The Morgan fingerprint density at radius 1 is 1.83 bits per heavy atom. The number of urea groups is 1. The SMILES string of the molecule is O=C1NC[N]N1. The summed E-state index contributed by atoms with van der Waals surface area (Å²) in [5.74, 6) is 0. The first-order valence-electron chi connectivity index (χ1n) is 1.60.